The number of amides is 1. The Bertz CT molecular complexity index is 1120. The minimum Gasteiger partial charge on any atom is -0.472 e. The number of rotatable bonds is 14. The molecule has 8 nitrogen and oxygen atoms in total. The fraction of sp³-hybridized carbons (Fsp3) is 0.517. The van der Waals surface area contributed by atoms with Crippen LogP contribution in [-0.4, -0.2) is 59.6 Å². The van der Waals surface area contributed by atoms with Crippen LogP contribution < -0.4 is 4.74 Å². The Morgan fingerprint density at radius 1 is 1.21 bits per heavy atom. The molecule has 1 aliphatic rings. The molecule has 0 saturated carbocycles. The number of hydrogen-bond acceptors (Lipinski definition) is 7. The smallest absolute Gasteiger partial charge is 0.328 e. The van der Waals surface area contributed by atoms with Crippen LogP contribution in [0.15, 0.2) is 47.6 Å². The van der Waals surface area contributed by atoms with E-state index in [9.17, 15) is 14.4 Å². The van der Waals surface area contributed by atoms with Crippen molar-refractivity contribution in [2.45, 2.75) is 70.9 Å². The monoisotopic (exact) mass is 588 g/mol. The average Bonchev–Trinajstić information content (AvgIpc) is 3.33. The molecule has 1 fully saturated rings. The molecule has 0 N–H and O–H groups in total. The molecule has 1 aromatic heterocycles. The summed E-state index contributed by atoms with van der Waals surface area (Å²) >= 11 is 3.49. The van der Waals surface area contributed by atoms with Gasteiger partial charge in [-0.1, -0.05) is 47.8 Å². The van der Waals surface area contributed by atoms with Gasteiger partial charge in [0.2, 0.25) is 11.8 Å². The number of unbranched alkanes of at least 4 members (excludes halogenated alkanes) is 2. The van der Waals surface area contributed by atoms with E-state index < -0.39 is 30.0 Å². The van der Waals surface area contributed by atoms with Crippen LogP contribution >= 0.6 is 15.9 Å². The standard InChI is InChI=1S/C29H37BrN2O6/c1-4-7-9-15-37-26(33)16-21(10-8-5-2)28(34)32-19-23(18-25(32)29(35)36-6-3)38-27-24-17-22(30)12-11-20(24)13-14-31-27/h4,11-14,17,21,23,25H,1,5-10,15-16,18-19H2,2-3H3/t21-,23-,25+/m1/s1. The van der Waals surface area contributed by atoms with Crippen molar-refractivity contribution < 1.29 is 28.6 Å². The van der Waals surface area contributed by atoms with E-state index in [2.05, 4.69) is 27.5 Å². The van der Waals surface area contributed by atoms with Crippen molar-refractivity contribution in [3.05, 3.63) is 47.6 Å². The maximum atomic E-state index is 13.8. The molecule has 1 aromatic carbocycles. The van der Waals surface area contributed by atoms with Gasteiger partial charge in [-0.2, -0.15) is 0 Å². The molecule has 1 aliphatic heterocycles. The summed E-state index contributed by atoms with van der Waals surface area (Å²) in [6, 6.07) is 6.95. The Balaban J connectivity index is 1.78. The van der Waals surface area contributed by atoms with E-state index in [4.69, 9.17) is 14.2 Å². The van der Waals surface area contributed by atoms with Crippen LogP contribution in [0.2, 0.25) is 0 Å². The van der Waals surface area contributed by atoms with E-state index in [0.717, 1.165) is 34.5 Å². The second-order valence-electron chi connectivity index (χ2n) is 9.41. The number of carbonyl (C=O) groups excluding carboxylic acids is 3. The molecule has 2 heterocycles. The summed E-state index contributed by atoms with van der Waals surface area (Å²) in [5, 5.41) is 1.80. The summed E-state index contributed by atoms with van der Waals surface area (Å²) in [5.41, 5.74) is 0. The summed E-state index contributed by atoms with van der Waals surface area (Å²) in [6.07, 6.45) is 6.90. The van der Waals surface area contributed by atoms with Crippen molar-refractivity contribution >= 4 is 44.5 Å². The Morgan fingerprint density at radius 2 is 2.03 bits per heavy atom. The lowest BCUT2D eigenvalue weighted by Crippen LogP contribution is -2.45. The zero-order chi connectivity index (χ0) is 27.5. The van der Waals surface area contributed by atoms with Crippen LogP contribution in [0.1, 0.15) is 58.8 Å². The zero-order valence-electron chi connectivity index (χ0n) is 22.2. The third-order valence-corrected chi connectivity index (χ3v) is 7.05. The Labute approximate surface area is 232 Å². The van der Waals surface area contributed by atoms with Gasteiger partial charge in [0, 0.05) is 28.4 Å². The van der Waals surface area contributed by atoms with Gasteiger partial charge in [-0.15, -0.1) is 6.58 Å². The van der Waals surface area contributed by atoms with Gasteiger partial charge in [0.1, 0.15) is 12.1 Å². The number of likely N-dealkylation sites (tertiary alicyclic amines) is 1. The summed E-state index contributed by atoms with van der Waals surface area (Å²) < 4.78 is 17.8. The van der Waals surface area contributed by atoms with Gasteiger partial charge in [0.25, 0.3) is 0 Å². The highest BCUT2D eigenvalue weighted by Crippen LogP contribution is 2.31. The van der Waals surface area contributed by atoms with E-state index in [0.29, 0.717) is 25.3 Å². The number of benzene rings is 1. The molecular weight excluding hydrogens is 552 g/mol. The quantitative estimate of drug-likeness (QED) is 0.161. The van der Waals surface area contributed by atoms with Gasteiger partial charge in [0.15, 0.2) is 0 Å². The van der Waals surface area contributed by atoms with Crippen molar-refractivity contribution in [3.8, 4) is 5.88 Å². The minimum atomic E-state index is -0.790. The second kappa shape index (κ2) is 14.9. The van der Waals surface area contributed by atoms with Crippen LogP contribution in [0.3, 0.4) is 0 Å². The summed E-state index contributed by atoms with van der Waals surface area (Å²) in [5.74, 6) is -1.27. The number of aromatic nitrogens is 1. The molecule has 3 atom stereocenters. The second-order valence-corrected chi connectivity index (χ2v) is 10.3. The number of ether oxygens (including phenoxy) is 3. The SMILES string of the molecule is C=CCCCOC(=O)C[C@@H](CCCC)C(=O)N1C[C@H](Oc2nccc3ccc(Br)cc23)C[C@H]1C(=O)OCC. The number of fused-ring (bicyclic) bond motifs is 1. The van der Waals surface area contributed by atoms with E-state index >= 15 is 0 Å². The van der Waals surface area contributed by atoms with Crippen molar-refractivity contribution in [3.63, 3.8) is 0 Å². The minimum absolute atomic E-state index is 0.0244. The van der Waals surface area contributed by atoms with Crippen molar-refractivity contribution in [1.82, 2.24) is 9.88 Å². The molecule has 3 rings (SSSR count). The molecule has 0 bridgehead atoms. The lowest BCUT2D eigenvalue weighted by Gasteiger charge is -2.27. The predicted molar refractivity (Wildman–Crippen MR) is 149 cm³/mol. The summed E-state index contributed by atoms with van der Waals surface area (Å²) in [6.45, 7) is 8.13. The van der Waals surface area contributed by atoms with E-state index in [1.807, 2.05) is 31.2 Å². The first-order chi connectivity index (χ1) is 18.4. The molecule has 9 heteroatoms. The molecule has 0 spiro atoms. The first kappa shape index (κ1) is 29.6. The number of allylic oxidation sites excluding steroid dienone is 1. The molecular formula is C29H37BrN2O6. The number of nitrogens with zero attached hydrogens (tertiary/aromatic N) is 2. The number of pyridine rings is 1. The van der Waals surface area contributed by atoms with Crippen molar-refractivity contribution in [2.75, 3.05) is 19.8 Å². The number of hydrogen-bond donors (Lipinski definition) is 0. The first-order valence-corrected chi connectivity index (χ1v) is 14.1. The molecule has 0 unspecified atom stereocenters. The lowest BCUT2D eigenvalue weighted by molar-refractivity contribution is -0.156. The Kier molecular flexibility index (Phi) is 11.6. The number of esters is 2. The maximum Gasteiger partial charge on any atom is 0.328 e. The van der Waals surface area contributed by atoms with Gasteiger partial charge in [-0.3, -0.25) is 9.59 Å². The molecule has 0 radical (unpaired) electrons. The van der Waals surface area contributed by atoms with Gasteiger partial charge < -0.3 is 19.1 Å². The topological polar surface area (TPSA) is 95.0 Å². The number of halogens is 1. The largest absolute Gasteiger partial charge is 0.472 e. The van der Waals surface area contributed by atoms with Crippen LogP contribution in [0.25, 0.3) is 10.8 Å². The van der Waals surface area contributed by atoms with Gasteiger partial charge in [-0.05, 0) is 49.8 Å². The van der Waals surface area contributed by atoms with Crippen LogP contribution in [-0.2, 0) is 23.9 Å². The number of carbonyl (C=O) groups is 3. The first-order valence-electron chi connectivity index (χ1n) is 13.3. The highest BCUT2D eigenvalue weighted by atomic mass is 79.9. The fourth-order valence-electron chi connectivity index (χ4n) is 4.63. The highest BCUT2D eigenvalue weighted by Gasteiger charge is 2.44. The van der Waals surface area contributed by atoms with E-state index in [1.165, 1.54) is 4.90 Å². The zero-order valence-corrected chi connectivity index (χ0v) is 23.8. The van der Waals surface area contributed by atoms with Gasteiger partial charge in [0.05, 0.1) is 26.2 Å². The van der Waals surface area contributed by atoms with Crippen molar-refractivity contribution in [1.29, 1.82) is 0 Å². The molecule has 206 valence electrons. The average molecular weight is 590 g/mol. The Hall–Kier alpha value is -2.94. The Morgan fingerprint density at radius 3 is 2.76 bits per heavy atom. The third kappa shape index (κ3) is 8.03. The summed E-state index contributed by atoms with van der Waals surface area (Å²) in [7, 11) is 0. The molecule has 38 heavy (non-hydrogen) atoms. The molecule has 1 saturated heterocycles. The fourth-order valence-corrected chi connectivity index (χ4v) is 4.99. The highest BCUT2D eigenvalue weighted by molar-refractivity contribution is 9.10. The van der Waals surface area contributed by atoms with Gasteiger partial charge >= 0.3 is 11.9 Å². The molecule has 0 aliphatic carbocycles. The van der Waals surface area contributed by atoms with Gasteiger partial charge in [-0.25, -0.2) is 9.78 Å². The van der Waals surface area contributed by atoms with E-state index in [-0.39, 0.29) is 31.9 Å². The predicted octanol–water partition coefficient (Wildman–Crippen LogP) is 5.61. The van der Waals surface area contributed by atoms with Crippen LogP contribution in [0, 0.1) is 5.92 Å². The molecule has 2 aromatic rings. The summed E-state index contributed by atoms with van der Waals surface area (Å²) in [4.78, 5) is 45.1. The molecule has 1 amide bonds. The third-order valence-electron chi connectivity index (χ3n) is 6.56. The van der Waals surface area contributed by atoms with Crippen molar-refractivity contribution in [2.24, 2.45) is 5.92 Å². The normalized spacial score (nSPS) is 17.7. The van der Waals surface area contributed by atoms with Crippen LogP contribution in [0.5, 0.6) is 5.88 Å². The van der Waals surface area contributed by atoms with E-state index in [1.54, 1.807) is 19.2 Å². The lowest BCUT2D eigenvalue weighted by atomic mass is 9.96. The maximum absolute atomic E-state index is 13.8. The van der Waals surface area contributed by atoms with Crippen LogP contribution in [0.4, 0.5) is 0 Å².